The molecule has 0 aliphatic carbocycles. The molecule has 0 saturated carbocycles. The molecule has 1 aromatic heterocycles. The topological polar surface area (TPSA) is 67.8 Å². The van der Waals surface area contributed by atoms with Crippen LogP contribution in [0.15, 0.2) is 65.8 Å². The number of nitrogens with one attached hydrogen (secondary N) is 2. The van der Waals surface area contributed by atoms with Crippen LogP contribution in [0.4, 0.5) is 5.69 Å². The summed E-state index contributed by atoms with van der Waals surface area (Å²) in [7, 11) is 3.45. The first kappa shape index (κ1) is 19.6. The number of ether oxygens (including phenoxy) is 2. The summed E-state index contributed by atoms with van der Waals surface area (Å²) in [5, 5.41) is 7.81. The van der Waals surface area contributed by atoms with Gasteiger partial charge in [0.1, 0.15) is 5.75 Å². The Balaban J connectivity index is 1.60. The number of aliphatic imine (C=N–C) groups is 1. The Morgan fingerprint density at radius 1 is 1.07 bits per heavy atom. The summed E-state index contributed by atoms with van der Waals surface area (Å²) in [4.78, 5) is 8.72. The van der Waals surface area contributed by atoms with Crippen molar-refractivity contribution in [3.8, 4) is 5.75 Å². The first-order valence-electron chi connectivity index (χ1n) is 9.32. The maximum absolute atomic E-state index is 5.75. The van der Waals surface area contributed by atoms with E-state index in [0.717, 1.165) is 28.8 Å². The van der Waals surface area contributed by atoms with Crippen LogP contribution in [0, 0.1) is 0 Å². The van der Waals surface area contributed by atoms with E-state index in [4.69, 9.17) is 9.47 Å². The Kier molecular flexibility index (Phi) is 7.21. The van der Waals surface area contributed by atoms with E-state index in [1.807, 2.05) is 54.7 Å². The Labute approximate surface area is 165 Å². The van der Waals surface area contributed by atoms with Crippen molar-refractivity contribution >= 4 is 22.5 Å². The molecule has 0 radical (unpaired) electrons. The molecule has 0 aliphatic rings. The largest absolute Gasteiger partial charge is 0.493 e. The second-order valence-corrected chi connectivity index (χ2v) is 6.26. The fourth-order valence-corrected chi connectivity index (χ4v) is 2.86. The third kappa shape index (κ3) is 5.44. The predicted octanol–water partition coefficient (Wildman–Crippen LogP) is 3.84. The number of fused-ring (bicyclic) bond motifs is 1. The number of nitrogens with zero attached hydrogens (tertiary/aromatic N) is 2. The molecule has 0 fully saturated rings. The van der Waals surface area contributed by atoms with E-state index in [9.17, 15) is 0 Å². The average molecular weight is 378 g/mol. The zero-order valence-electron chi connectivity index (χ0n) is 16.3. The van der Waals surface area contributed by atoms with E-state index < -0.39 is 0 Å². The van der Waals surface area contributed by atoms with E-state index in [-0.39, 0.29) is 0 Å². The van der Waals surface area contributed by atoms with E-state index in [0.29, 0.717) is 25.7 Å². The Bertz CT molecular complexity index is 922. The Hall–Kier alpha value is -3.12. The van der Waals surface area contributed by atoms with E-state index >= 15 is 0 Å². The van der Waals surface area contributed by atoms with Crippen LogP contribution in [-0.2, 0) is 11.3 Å². The molecule has 0 atom stereocenters. The van der Waals surface area contributed by atoms with Crippen LogP contribution in [0.1, 0.15) is 12.0 Å². The highest BCUT2D eigenvalue weighted by Crippen LogP contribution is 2.18. The summed E-state index contributed by atoms with van der Waals surface area (Å²) >= 11 is 0. The number of hydrogen-bond acceptors (Lipinski definition) is 4. The van der Waals surface area contributed by atoms with Crippen molar-refractivity contribution in [1.82, 2.24) is 10.3 Å². The highest BCUT2D eigenvalue weighted by atomic mass is 16.5. The number of guanidine groups is 1. The van der Waals surface area contributed by atoms with Gasteiger partial charge < -0.3 is 20.1 Å². The fraction of sp³-hybridized carbons (Fsp3) is 0.273. The molecule has 6 nitrogen and oxygen atoms in total. The molecule has 0 amide bonds. The normalized spacial score (nSPS) is 11.4. The average Bonchev–Trinajstić information content (AvgIpc) is 2.74. The van der Waals surface area contributed by atoms with E-state index in [1.54, 1.807) is 14.2 Å². The lowest BCUT2D eigenvalue weighted by Crippen LogP contribution is -2.30. The molecule has 0 aliphatic heterocycles. The monoisotopic (exact) mass is 378 g/mol. The van der Waals surface area contributed by atoms with Crippen molar-refractivity contribution in [2.45, 2.75) is 13.0 Å². The van der Waals surface area contributed by atoms with Gasteiger partial charge in [-0.15, -0.1) is 0 Å². The van der Waals surface area contributed by atoms with Gasteiger partial charge in [-0.05, 0) is 29.8 Å². The van der Waals surface area contributed by atoms with Gasteiger partial charge in [-0.3, -0.25) is 9.98 Å². The van der Waals surface area contributed by atoms with Gasteiger partial charge >= 0.3 is 0 Å². The van der Waals surface area contributed by atoms with Crippen molar-refractivity contribution in [1.29, 1.82) is 0 Å². The molecule has 0 saturated heterocycles. The van der Waals surface area contributed by atoms with Crippen LogP contribution in [0.3, 0.4) is 0 Å². The van der Waals surface area contributed by atoms with Crippen molar-refractivity contribution in [2.24, 2.45) is 4.99 Å². The molecule has 6 heteroatoms. The minimum Gasteiger partial charge on any atom is -0.493 e. The van der Waals surface area contributed by atoms with Gasteiger partial charge in [0.2, 0.25) is 0 Å². The predicted molar refractivity (Wildman–Crippen MR) is 114 cm³/mol. The van der Waals surface area contributed by atoms with Gasteiger partial charge in [0.05, 0.1) is 12.1 Å². The Morgan fingerprint density at radius 3 is 2.82 bits per heavy atom. The summed E-state index contributed by atoms with van der Waals surface area (Å²) in [5.41, 5.74) is 3.07. The number of para-hydroxylation sites is 1. The van der Waals surface area contributed by atoms with Gasteiger partial charge in [-0.2, -0.15) is 0 Å². The maximum Gasteiger partial charge on any atom is 0.195 e. The summed E-state index contributed by atoms with van der Waals surface area (Å²) < 4.78 is 10.8. The lowest BCUT2D eigenvalue weighted by atomic mass is 10.1. The molecular weight excluding hydrogens is 352 g/mol. The molecule has 28 heavy (non-hydrogen) atoms. The number of hydrogen-bond donors (Lipinski definition) is 2. The third-order valence-corrected chi connectivity index (χ3v) is 4.27. The zero-order chi connectivity index (χ0) is 19.6. The van der Waals surface area contributed by atoms with Gasteiger partial charge in [0, 0.05) is 57.1 Å². The highest BCUT2D eigenvalue weighted by molar-refractivity contribution is 5.94. The summed E-state index contributed by atoms with van der Waals surface area (Å²) in [6, 6.07) is 18.0. The quantitative estimate of drug-likeness (QED) is 0.354. The molecule has 3 rings (SSSR count). The van der Waals surface area contributed by atoms with Crippen LogP contribution in [0.2, 0.25) is 0 Å². The second kappa shape index (κ2) is 10.3. The van der Waals surface area contributed by atoms with Crippen LogP contribution >= 0.6 is 0 Å². The molecule has 3 aromatic rings. The highest BCUT2D eigenvalue weighted by Gasteiger charge is 2.04. The number of pyridine rings is 1. The number of benzene rings is 2. The summed E-state index contributed by atoms with van der Waals surface area (Å²) in [6.07, 6.45) is 2.69. The Morgan fingerprint density at radius 2 is 1.96 bits per heavy atom. The number of aromatic nitrogens is 1. The van der Waals surface area contributed by atoms with Crippen LogP contribution in [0.25, 0.3) is 10.9 Å². The van der Waals surface area contributed by atoms with Crippen molar-refractivity contribution in [2.75, 3.05) is 32.7 Å². The molecule has 146 valence electrons. The molecule has 2 N–H and O–H groups in total. The van der Waals surface area contributed by atoms with Gasteiger partial charge in [-0.25, -0.2) is 0 Å². The number of anilines is 1. The second-order valence-electron chi connectivity index (χ2n) is 6.26. The van der Waals surface area contributed by atoms with Crippen LogP contribution < -0.4 is 15.4 Å². The van der Waals surface area contributed by atoms with Gasteiger partial charge in [-0.1, -0.05) is 24.3 Å². The fourth-order valence-electron chi connectivity index (χ4n) is 2.86. The van der Waals surface area contributed by atoms with Gasteiger partial charge in [0.15, 0.2) is 5.96 Å². The van der Waals surface area contributed by atoms with Crippen molar-refractivity contribution < 1.29 is 9.47 Å². The molecule has 0 spiro atoms. The molecule has 1 heterocycles. The van der Waals surface area contributed by atoms with Crippen molar-refractivity contribution in [3.63, 3.8) is 0 Å². The lowest BCUT2D eigenvalue weighted by molar-refractivity contribution is 0.172. The SMILES string of the molecule is CN=C(NCc1ccnc2ccccc12)Nc1cccc(OCCCOC)c1. The standard InChI is InChI=1S/C22H26N4O2/c1-23-22(25-16-17-11-12-24-21-10-4-3-9-20(17)21)26-18-7-5-8-19(15-18)28-14-6-13-27-2/h3-5,7-12,15H,6,13-14,16H2,1-2H3,(H2,23,25,26). The maximum atomic E-state index is 5.75. The van der Waals surface area contributed by atoms with E-state index in [1.165, 1.54) is 5.56 Å². The van der Waals surface area contributed by atoms with Crippen LogP contribution in [-0.4, -0.2) is 38.3 Å². The van der Waals surface area contributed by atoms with Crippen LogP contribution in [0.5, 0.6) is 5.75 Å². The lowest BCUT2D eigenvalue weighted by Gasteiger charge is -2.14. The zero-order valence-corrected chi connectivity index (χ0v) is 16.3. The number of rotatable bonds is 8. The molecule has 0 bridgehead atoms. The minimum absolute atomic E-state index is 0.624. The van der Waals surface area contributed by atoms with Gasteiger partial charge in [0.25, 0.3) is 0 Å². The minimum atomic E-state index is 0.624. The summed E-state index contributed by atoms with van der Waals surface area (Å²) in [6.45, 7) is 1.97. The van der Waals surface area contributed by atoms with Crippen molar-refractivity contribution in [3.05, 3.63) is 66.4 Å². The first-order valence-corrected chi connectivity index (χ1v) is 9.32. The first-order chi connectivity index (χ1) is 13.8. The van der Waals surface area contributed by atoms with E-state index in [2.05, 4.69) is 26.7 Å². The molecule has 0 unspecified atom stereocenters. The molecular formula is C22H26N4O2. The summed E-state index contributed by atoms with van der Waals surface area (Å²) in [5.74, 6) is 1.51. The smallest absolute Gasteiger partial charge is 0.195 e. The number of methoxy groups -OCH3 is 1. The third-order valence-electron chi connectivity index (χ3n) is 4.27. The molecule has 2 aromatic carbocycles.